The highest BCUT2D eigenvalue weighted by Gasteiger charge is 2.21. The van der Waals surface area contributed by atoms with Crippen LogP contribution in [0.4, 0.5) is 4.39 Å². The lowest BCUT2D eigenvalue weighted by Crippen LogP contribution is -2.35. The van der Waals surface area contributed by atoms with Crippen LogP contribution in [0.25, 0.3) is 0 Å². The highest BCUT2D eigenvalue weighted by molar-refractivity contribution is 5.01. The molecule has 0 aromatic carbocycles. The normalized spacial score (nSPS) is 37.7. The predicted molar refractivity (Wildman–Crippen MR) is 45.4 cm³/mol. The molecule has 0 radical (unpaired) electrons. The Labute approximate surface area is 67.9 Å². The molecule has 11 heavy (non-hydrogen) atoms. The molecule has 0 aliphatic carbocycles. The molecule has 0 bridgehead atoms. The summed E-state index contributed by atoms with van der Waals surface area (Å²) in [6.07, 6.45) is 5.78. The molecular weight excluding hydrogens is 141 g/mol. The van der Waals surface area contributed by atoms with Crippen LogP contribution < -0.4 is 0 Å². The number of alkyl halides is 1. The monoisotopic (exact) mass is 157 g/mol. The van der Waals surface area contributed by atoms with Crippen LogP contribution in [-0.2, 0) is 0 Å². The number of nitrogens with zero attached hydrogens (tertiary/aromatic N) is 1. The number of allylic oxidation sites excluding steroid dienone is 1. The van der Waals surface area contributed by atoms with Gasteiger partial charge in [0, 0.05) is 6.54 Å². The first-order valence-corrected chi connectivity index (χ1v) is 4.15. The maximum Gasteiger partial charge on any atom is 0.138 e. The van der Waals surface area contributed by atoms with Gasteiger partial charge in [0.25, 0.3) is 0 Å². The van der Waals surface area contributed by atoms with E-state index in [1.54, 1.807) is 13.0 Å². The standard InChI is InChI=1S/C9H16FN/c1-9(10)6-4-3-5-7-11(2)8-9/h4,6H,3,5,7-8H2,1-2H3/b6-4-/t9-/m1/s1. The van der Waals surface area contributed by atoms with Crippen LogP contribution in [0.15, 0.2) is 12.2 Å². The average molecular weight is 157 g/mol. The minimum Gasteiger partial charge on any atom is -0.303 e. The Hall–Kier alpha value is -0.370. The van der Waals surface area contributed by atoms with Crippen molar-refractivity contribution in [3.63, 3.8) is 0 Å². The third kappa shape index (κ3) is 3.02. The molecule has 1 aliphatic rings. The van der Waals surface area contributed by atoms with E-state index in [4.69, 9.17) is 0 Å². The number of halogens is 1. The molecular formula is C9H16FN. The first-order valence-electron chi connectivity index (χ1n) is 4.15. The summed E-state index contributed by atoms with van der Waals surface area (Å²) in [7, 11) is 1.97. The first kappa shape index (κ1) is 8.72. The summed E-state index contributed by atoms with van der Waals surface area (Å²) in [4.78, 5) is 2.05. The average Bonchev–Trinajstić information content (AvgIpc) is 1.82. The van der Waals surface area contributed by atoms with Gasteiger partial charge in [0.1, 0.15) is 5.67 Å². The van der Waals surface area contributed by atoms with Crippen molar-refractivity contribution in [3.05, 3.63) is 12.2 Å². The van der Waals surface area contributed by atoms with Gasteiger partial charge in [-0.2, -0.15) is 0 Å². The van der Waals surface area contributed by atoms with Crippen molar-refractivity contribution in [2.75, 3.05) is 20.1 Å². The summed E-state index contributed by atoms with van der Waals surface area (Å²) in [5.41, 5.74) is -1.13. The predicted octanol–water partition coefficient (Wildman–Crippen LogP) is 2.00. The minimum atomic E-state index is -1.13. The zero-order chi connectivity index (χ0) is 8.32. The molecule has 0 aromatic rings. The van der Waals surface area contributed by atoms with Crippen molar-refractivity contribution in [2.24, 2.45) is 0 Å². The van der Waals surface area contributed by atoms with Gasteiger partial charge in [0.2, 0.25) is 0 Å². The molecule has 0 aromatic heterocycles. The largest absolute Gasteiger partial charge is 0.303 e. The van der Waals surface area contributed by atoms with E-state index in [-0.39, 0.29) is 0 Å². The first-order chi connectivity index (χ1) is 5.10. The molecule has 1 rings (SSSR count). The molecule has 1 atom stereocenters. The van der Waals surface area contributed by atoms with Gasteiger partial charge in [-0.15, -0.1) is 0 Å². The smallest absolute Gasteiger partial charge is 0.138 e. The number of rotatable bonds is 0. The lowest BCUT2D eigenvalue weighted by Gasteiger charge is -2.25. The summed E-state index contributed by atoms with van der Waals surface area (Å²) in [5, 5.41) is 0. The molecule has 1 nitrogen and oxygen atoms in total. The van der Waals surface area contributed by atoms with Crippen molar-refractivity contribution >= 4 is 0 Å². The highest BCUT2D eigenvalue weighted by atomic mass is 19.1. The number of hydrogen-bond donors (Lipinski definition) is 0. The van der Waals surface area contributed by atoms with Crippen LogP contribution in [0, 0.1) is 0 Å². The van der Waals surface area contributed by atoms with Gasteiger partial charge in [-0.3, -0.25) is 0 Å². The van der Waals surface area contributed by atoms with E-state index < -0.39 is 5.67 Å². The second-order valence-corrected chi connectivity index (χ2v) is 3.56. The molecule has 0 saturated heterocycles. The zero-order valence-corrected chi connectivity index (χ0v) is 7.31. The fraction of sp³-hybridized carbons (Fsp3) is 0.778. The van der Waals surface area contributed by atoms with E-state index in [0.29, 0.717) is 6.54 Å². The van der Waals surface area contributed by atoms with E-state index in [1.165, 1.54) is 0 Å². The minimum absolute atomic E-state index is 0.517. The Morgan fingerprint density at radius 3 is 3.00 bits per heavy atom. The maximum atomic E-state index is 13.4. The van der Waals surface area contributed by atoms with Crippen LogP contribution >= 0.6 is 0 Å². The van der Waals surface area contributed by atoms with E-state index in [2.05, 4.69) is 0 Å². The lowest BCUT2D eigenvalue weighted by molar-refractivity contribution is 0.166. The van der Waals surface area contributed by atoms with Gasteiger partial charge in [-0.05, 0) is 33.4 Å². The van der Waals surface area contributed by atoms with Gasteiger partial charge < -0.3 is 4.90 Å². The van der Waals surface area contributed by atoms with E-state index in [0.717, 1.165) is 19.4 Å². The Kier molecular flexibility index (Phi) is 2.66. The highest BCUT2D eigenvalue weighted by Crippen LogP contribution is 2.16. The van der Waals surface area contributed by atoms with E-state index in [1.807, 2.05) is 18.0 Å². The third-order valence-electron chi connectivity index (χ3n) is 1.96. The van der Waals surface area contributed by atoms with Gasteiger partial charge in [-0.25, -0.2) is 4.39 Å². The van der Waals surface area contributed by atoms with E-state index >= 15 is 0 Å². The molecule has 1 aliphatic heterocycles. The molecule has 2 heteroatoms. The Bertz CT molecular complexity index is 152. The Morgan fingerprint density at radius 2 is 2.27 bits per heavy atom. The van der Waals surface area contributed by atoms with Crippen LogP contribution in [0.2, 0.25) is 0 Å². The van der Waals surface area contributed by atoms with Crippen LogP contribution in [0.3, 0.4) is 0 Å². The molecule has 0 amide bonds. The summed E-state index contributed by atoms with van der Waals surface area (Å²) >= 11 is 0. The Morgan fingerprint density at radius 1 is 1.55 bits per heavy atom. The van der Waals surface area contributed by atoms with Gasteiger partial charge >= 0.3 is 0 Å². The fourth-order valence-corrected chi connectivity index (χ4v) is 1.47. The quantitative estimate of drug-likeness (QED) is 0.486. The van der Waals surface area contributed by atoms with Crippen molar-refractivity contribution in [1.82, 2.24) is 4.90 Å². The van der Waals surface area contributed by atoms with Gasteiger partial charge in [0.15, 0.2) is 0 Å². The molecule has 0 unspecified atom stereocenters. The van der Waals surface area contributed by atoms with E-state index in [9.17, 15) is 4.39 Å². The van der Waals surface area contributed by atoms with Crippen LogP contribution in [0.1, 0.15) is 19.8 Å². The second kappa shape index (κ2) is 3.35. The van der Waals surface area contributed by atoms with Crippen LogP contribution in [0.5, 0.6) is 0 Å². The third-order valence-corrected chi connectivity index (χ3v) is 1.96. The van der Waals surface area contributed by atoms with Crippen molar-refractivity contribution in [3.8, 4) is 0 Å². The van der Waals surface area contributed by atoms with Gasteiger partial charge in [0.05, 0.1) is 0 Å². The summed E-state index contributed by atoms with van der Waals surface area (Å²) in [6.45, 7) is 3.15. The van der Waals surface area contributed by atoms with Crippen molar-refractivity contribution in [1.29, 1.82) is 0 Å². The Balaban J connectivity index is 2.58. The fourth-order valence-electron chi connectivity index (χ4n) is 1.47. The van der Waals surface area contributed by atoms with Gasteiger partial charge in [-0.1, -0.05) is 12.2 Å². The summed E-state index contributed by atoms with van der Waals surface area (Å²) in [6, 6.07) is 0. The maximum absolute atomic E-state index is 13.4. The SMILES string of the molecule is CN1CCC/C=C\[C@@](C)(F)C1. The summed E-state index contributed by atoms with van der Waals surface area (Å²) < 4.78 is 13.4. The molecule has 0 saturated carbocycles. The van der Waals surface area contributed by atoms with Crippen LogP contribution in [-0.4, -0.2) is 30.7 Å². The molecule has 0 spiro atoms. The molecule has 0 N–H and O–H groups in total. The second-order valence-electron chi connectivity index (χ2n) is 3.56. The molecule has 1 heterocycles. The number of hydrogen-bond acceptors (Lipinski definition) is 1. The molecule has 0 fully saturated rings. The summed E-state index contributed by atoms with van der Waals surface area (Å²) in [5.74, 6) is 0. The van der Waals surface area contributed by atoms with Crippen molar-refractivity contribution in [2.45, 2.75) is 25.4 Å². The van der Waals surface area contributed by atoms with Crippen molar-refractivity contribution < 1.29 is 4.39 Å². The topological polar surface area (TPSA) is 3.24 Å². The lowest BCUT2D eigenvalue weighted by atomic mass is 10.0. The zero-order valence-electron chi connectivity index (χ0n) is 7.31. The molecule has 64 valence electrons.